The molecule has 1 aliphatic heterocycles. The maximum atomic E-state index is 14.3. The summed E-state index contributed by atoms with van der Waals surface area (Å²) >= 11 is 11.9. The van der Waals surface area contributed by atoms with Gasteiger partial charge in [-0.15, -0.1) is 0 Å². The molecule has 1 heterocycles. The molecule has 0 spiro atoms. The van der Waals surface area contributed by atoms with Crippen molar-refractivity contribution in [2.45, 2.75) is 11.8 Å². The van der Waals surface area contributed by atoms with E-state index in [1.807, 2.05) is 0 Å². The minimum atomic E-state index is -3.80. The largest absolute Gasteiger partial charge is 0.367 e. The number of anilines is 1. The van der Waals surface area contributed by atoms with E-state index in [9.17, 15) is 17.6 Å². The minimum Gasteiger partial charge on any atom is -0.367 e. The van der Waals surface area contributed by atoms with Crippen LogP contribution in [0.3, 0.4) is 0 Å². The van der Waals surface area contributed by atoms with Crippen LogP contribution in [0.2, 0.25) is 10.0 Å². The highest BCUT2D eigenvalue weighted by Crippen LogP contribution is 2.29. The molecule has 1 fully saturated rings. The van der Waals surface area contributed by atoms with Crippen molar-refractivity contribution >= 4 is 44.7 Å². The van der Waals surface area contributed by atoms with E-state index in [2.05, 4.69) is 0 Å². The number of piperazine rings is 1. The molecule has 9 heteroatoms. The Hall–Kier alpha value is -1.67. The molecule has 0 amide bonds. The van der Waals surface area contributed by atoms with Crippen LogP contribution in [0, 0.1) is 5.82 Å². The number of rotatable bonds is 4. The fourth-order valence-corrected chi connectivity index (χ4v) is 5.13. The predicted octanol–water partition coefficient (Wildman–Crippen LogP) is 3.85. The summed E-state index contributed by atoms with van der Waals surface area (Å²) in [5.41, 5.74) is 0.644. The molecule has 1 saturated heterocycles. The normalized spacial score (nSPS) is 15.8. The van der Waals surface area contributed by atoms with Crippen molar-refractivity contribution in [3.8, 4) is 0 Å². The van der Waals surface area contributed by atoms with Crippen molar-refractivity contribution in [3.63, 3.8) is 0 Å². The van der Waals surface area contributed by atoms with Crippen LogP contribution in [0.5, 0.6) is 0 Å². The fourth-order valence-electron chi connectivity index (χ4n) is 2.97. The van der Waals surface area contributed by atoms with Crippen molar-refractivity contribution in [1.29, 1.82) is 0 Å². The predicted molar refractivity (Wildman–Crippen MR) is 104 cm³/mol. The Labute approximate surface area is 167 Å². The monoisotopic (exact) mass is 430 g/mol. The molecule has 5 nitrogen and oxygen atoms in total. The van der Waals surface area contributed by atoms with Crippen LogP contribution in [0.15, 0.2) is 41.3 Å². The molecule has 0 saturated carbocycles. The standard InChI is InChI=1S/C18H17Cl2FN2O3S/c1-12(24)13-2-5-17(16(21)10-13)22-6-8-23(9-7-22)27(25,26)18-11-14(19)3-4-15(18)20/h2-5,10-11H,6-9H2,1H3. The molecule has 0 radical (unpaired) electrons. The molecule has 0 aromatic heterocycles. The number of benzene rings is 2. The Morgan fingerprint density at radius 2 is 1.70 bits per heavy atom. The van der Waals surface area contributed by atoms with Gasteiger partial charge in [-0.2, -0.15) is 4.31 Å². The summed E-state index contributed by atoms with van der Waals surface area (Å²) < 4.78 is 41.3. The van der Waals surface area contributed by atoms with E-state index in [-0.39, 0.29) is 33.8 Å². The quantitative estimate of drug-likeness (QED) is 0.691. The lowest BCUT2D eigenvalue weighted by Gasteiger charge is -2.35. The molecule has 0 N–H and O–H groups in total. The highest BCUT2D eigenvalue weighted by atomic mass is 35.5. The third kappa shape index (κ3) is 4.11. The Morgan fingerprint density at radius 3 is 2.30 bits per heavy atom. The minimum absolute atomic E-state index is 0.0397. The van der Waals surface area contributed by atoms with Crippen molar-refractivity contribution < 1.29 is 17.6 Å². The van der Waals surface area contributed by atoms with Gasteiger partial charge in [-0.3, -0.25) is 4.79 Å². The lowest BCUT2D eigenvalue weighted by atomic mass is 10.1. The summed E-state index contributed by atoms with van der Waals surface area (Å²) in [7, 11) is -3.80. The van der Waals surface area contributed by atoms with E-state index in [0.29, 0.717) is 24.3 Å². The zero-order valence-electron chi connectivity index (χ0n) is 14.5. The maximum Gasteiger partial charge on any atom is 0.244 e. The molecule has 1 aliphatic rings. The Kier molecular flexibility index (Phi) is 5.76. The van der Waals surface area contributed by atoms with Crippen LogP contribution in [-0.2, 0) is 10.0 Å². The van der Waals surface area contributed by atoms with Gasteiger partial charge in [-0.05, 0) is 43.3 Å². The number of carbonyl (C=O) groups excluding carboxylic acids is 1. The summed E-state index contributed by atoms with van der Waals surface area (Å²) in [4.78, 5) is 13.1. The van der Waals surface area contributed by atoms with E-state index >= 15 is 0 Å². The van der Waals surface area contributed by atoms with Gasteiger partial charge in [0.1, 0.15) is 10.7 Å². The lowest BCUT2D eigenvalue weighted by Crippen LogP contribution is -2.49. The summed E-state index contributed by atoms with van der Waals surface area (Å²) in [6.45, 7) is 2.36. The van der Waals surface area contributed by atoms with Gasteiger partial charge >= 0.3 is 0 Å². The van der Waals surface area contributed by atoms with Gasteiger partial charge in [-0.1, -0.05) is 23.2 Å². The number of ketones is 1. The van der Waals surface area contributed by atoms with Crippen molar-refractivity contribution in [1.82, 2.24) is 4.31 Å². The zero-order valence-corrected chi connectivity index (χ0v) is 16.8. The maximum absolute atomic E-state index is 14.3. The van der Waals surface area contributed by atoms with Gasteiger partial charge in [0.15, 0.2) is 5.78 Å². The van der Waals surface area contributed by atoms with Crippen LogP contribution >= 0.6 is 23.2 Å². The first-order chi connectivity index (χ1) is 12.7. The Bertz CT molecular complexity index is 990. The molecule has 0 bridgehead atoms. The van der Waals surface area contributed by atoms with Crippen LogP contribution in [-0.4, -0.2) is 44.7 Å². The topological polar surface area (TPSA) is 57.7 Å². The molecule has 0 atom stereocenters. The number of nitrogens with zero attached hydrogens (tertiary/aromatic N) is 2. The fraction of sp³-hybridized carbons (Fsp3) is 0.278. The smallest absolute Gasteiger partial charge is 0.244 e. The molecular formula is C18H17Cl2FN2O3S. The third-order valence-corrected chi connectivity index (χ3v) is 7.06. The first-order valence-electron chi connectivity index (χ1n) is 8.21. The van der Waals surface area contributed by atoms with Gasteiger partial charge in [0.05, 0.1) is 10.7 Å². The molecule has 3 rings (SSSR count). The Morgan fingerprint density at radius 1 is 1.04 bits per heavy atom. The second kappa shape index (κ2) is 7.75. The van der Waals surface area contributed by atoms with Crippen molar-refractivity contribution in [2.24, 2.45) is 0 Å². The van der Waals surface area contributed by atoms with Gasteiger partial charge in [0.25, 0.3) is 0 Å². The second-order valence-electron chi connectivity index (χ2n) is 6.19. The first-order valence-corrected chi connectivity index (χ1v) is 10.4. The van der Waals surface area contributed by atoms with Crippen LogP contribution in [0.1, 0.15) is 17.3 Å². The second-order valence-corrected chi connectivity index (χ2v) is 8.94. The van der Waals surface area contributed by atoms with Crippen molar-refractivity contribution in [2.75, 3.05) is 31.1 Å². The van der Waals surface area contributed by atoms with Crippen molar-refractivity contribution in [3.05, 3.63) is 57.8 Å². The van der Waals surface area contributed by atoms with E-state index in [1.54, 1.807) is 17.0 Å². The van der Waals surface area contributed by atoms with Crippen LogP contribution in [0.25, 0.3) is 0 Å². The first kappa shape index (κ1) is 20.1. The number of hydrogen-bond acceptors (Lipinski definition) is 4. The molecular weight excluding hydrogens is 414 g/mol. The molecule has 0 aliphatic carbocycles. The number of carbonyl (C=O) groups is 1. The SMILES string of the molecule is CC(=O)c1ccc(N2CCN(S(=O)(=O)c3cc(Cl)ccc3Cl)CC2)c(F)c1. The van der Waals surface area contributed by atoms with Crippen LogP contribution in [0.4, 0.5) is 10.1 Å². The average Bonchev–Trinajstić information content (AvgIpc) is 2.63. The number of hydrogen-bond donors (Lipinski definition) is 0. The van der Waals surface area contributed by atoms with Gasteiger partial charge in [0.2, 0.25) is 10.0 Å². The highest BCUT2D eigenvalue weighted by molar-refractivity contribution is 7.89. The summed E-state index contributed by atoms with van der Waals surface area (Å²) in [5, 5.41) is 0.386. The molecule has 0 unspecified atom stereocenters. The highest BCUT2D eigenvalue weighted by Gasteiger charge is 2.31. The van der Waals surface area contributed by atoms with Gasteiger partial charge in [0, 0.05) is 36.8 Å². The Balaban J connectivity index is 1.77. The van der Waals surface area contributed by atoms with E-state index < -0.39 is 15.8 Å². The summed E-state index contributed by atoms with van der Waals surface area (Å²) in [6, 6.07) is 8.60. The van der Waals surface area contributed by atoms with E-state index in [0.717, 1.165) is 0 Å². The van der Waals surface area contributed by atoms with E-state index in [1.165, 1.54) is 35.5 Å². The van der Waals surface area contributed by atoms with Gasteiger partial charge < -0.3 is 4.90 Å². The summed E-state index contributed by atoms with van der Waals surface area (Å²) in [5.74, 6) is -0.716. The average molecular weight is 431 g/mol. The van der Waals surface area contributed by atoms with E-state index in [4.69, 9.17) is 23.2 Å². The van der Waals surface area contributed by atoms with Crippen LogP contribution < -0.4 is 4.90 Å². The third-order valence-electron chi connectivity index (χ3n) is 4.44. The molecule has 144 valence electrons. The number of sulfonamides is 1. The number of Topliss-reactive ketones (excluding diaryl/α,β-unsaturated/α-hetero) is 1. The zero-order chi connectivity index (χ0) is 19.8. The molecule has 2 aromatic carbocycles. The molecule has 2 aromatic rings. The molecule has 27 heavy (non-hydrogen) atoms. The lowest BCUT2D eigenvalue weighted by molar-refractivity contribution is 0.101. The summed E-state index contributed by atoms with van der Waals surface area (Å²) in [6.07, 6.45) is 0. The van der Waals surface area contributed by atoms with Gasteiger partial charge in [-0.25, -0.2) is 12.8 Å². The number of halogens is 3.